The van der Waals surface area contributed by atoms with E-state index in [2.05, 4.69) is 9.72 Å². The van der Waals surface area contributed by atoms with Crippen molar-refractivity contribution in [3.63, 3.8) is 0 Å². The Hall–Kier alpha value is -1.98. The maximum Gasteiger partial charge on any atom is 0.573 e. The van der Waals surface area contributed by atoms with Gasteiger partial charge in [-0.1, -0.05) is 12.1 Å². The van der Waals surface area contributed by atoms with Crippen molar-refractivity contribution in [1.29, 1.82) is 0 Å². The van der Waals surface area contributed by atoms with Gasteiger partial charge in [-0.3, -0.25) is 0 Å². The standard InChI is InChI=1S/C11H8F3NO2/c1-7-15-9(6-16-7)8-4-2-3-5-10(8)17-11(12,13)14/h2-6H,1H3. The monoisotopic (exact) mass is 243 g/mol. The summed E-state index contributed by atoms with van der Waals surface area (Å²) in [7, 11) is 0. The van der Waals surface area contributed by atoms with Crippen LogP contribution in [0.2, 0.25) is 0 Å². The summed E-state index contributed by atoms with van der Waals surface area (Å²) in [6.07, 6.45) is -3.44. The zero-order valence-electron chi connectivity index (χ0n) is 8.78. The van der Waals surface area contributed by atoms with Crippen LogP contribution in [-0.2, 0) is 0 Å². The normalized spacial score (nSPS) is 11.5. The lowest BCUT2D eigenvalue weighted by Gasteiger charge is -2.11. The van der Waals surface area contributed by atoms with Gasteiger partial charge < -0.3 is 9.15 Å². The minimum Gasteiger partial charge on any atom is -0.449 e. The molecule has 0 saturated heterocycles. The molecule has 90 valence electrons. The SMILES string of the molecule is Cc1nc(-c2ccccc2OC(F)(F)F)co1. The molecule has 1 aromatic carbocycles. The maximum absolute atomic E-state index is 12.2. The third-order valence-corrected chi connectivity index (χ3v) is 2.01. The van der Waals surface area contributed by atoms with E-state index in [1.807, 2.05) is 0 Å². The van der Waals surface area contributed by atoms with Gasteiger partial charge in [-0.2, -0.15) is 0 Å². The van der Waals surface area contributed by atoms with Gasteiger partial charge in [0.15, 0.2) is 5.89 Å². The van der Waals surface area contributed by atoms with Crippen molar-refractivity contribution in [1.82, 2.24) is 4.98 Å². The summed E-state index contributed by atoms with van der Waals surface area (Å²) >= 11 is 0. The summed E-state index contributed by atoms with van der Waals surface area (Å²) in [4.78, 5) is 3.96. The van der Waals surface area contributed by atoms with Crippen molar-refractivity contribution in [2.24, 2.45) is 0 Å². The molecular formula is C11H8F3NO2. The molecule has 0 atom stereocenters. The zero-order chi connectivity index (χ0) is 12.5. The van der Waals surface area contributed by atoms with Crippen molar-refractivity contribution in [3.8, 4) is 17.0 Å². The summed E-state index contributed by atoms with van der Waals surface area (Å²) in [5.41, 5.74) is 0.545. The molecule has 0 bridgehead atoms. The lowest BCUT2D eigenvalue weighted by atomic mass is 10.1. The van der Waals surface area contributed by atoms with Crippen LogP contribution in [-0.4, -0.2) is 11.3 Å². The van der Waals surface area contributed by atoms with Crippen LogP contribution in [0.1, 0.15) is 5.89 Å². The fourth-order valence-electron chi connectivity index (χ4n) is 1.38. The fourth-order valence-corrected chi connectivity index (χ4v) is 1.38. The Morgan fingerprint density at radius 3 is 2.53 bits per heavy atom. The highest BCUT2D eigenvalue weighted by Crippen LogP contribution is 2.32. The molecule has 0 radical (unpaired) electrons. The van der Waals surface area contributed by atoms with Gasteiger partial charge >= 0.3 is 6.36 Å². The number of hydrogen-bond donors (Lipinski definition) is 0. The second-order valence-corrected chi connectivity index (χ2v) is 3.30. The van der Waals surface area contributed by atoms with Crippen LogP contribution >= 0.6 is 0 Å². The average Bonchev–Trinajstić information content (AvgIpc) is 2.63. The maximum atomic E-state index is 12.2. The summed E-state index contributed by atoms with van der Waals surface area (Å²) in [5, 5.41) is 0. The van der Waals surface area contributed by atoms with E-state index < -0.39 is 6.36 Å². The highest BCUT2D eigenvalue weighted by Gasteiger charge is 2.32. The van der Waals surface area contributed by atoms with E-state index >= 15 is 0 Å². The number of benzene rings is 1. The van der Waals surface area contributed by atoms with E-state index in [9.17, 15) is 13.2 Å². The first-order valence-corrected chi connectivity index (χ1v) is 4.73. The van der Waals surface area contributed by atoms with Crippen molar-refractivity contribution < 1.29 is 22.3 Å². The lowest BCUT2D eigenvalue weighted by molar-refractivity contribution is -0.274. The minimum atomic E-state index is -4.73. The van der Waals surface area contributed by atoms with Gasteiger partial charge in [0.2, 0.25) is 0 Å². The first-order chi connectivity index (χ1) is 7.96. The number of para-hydroxylation sites is 1. The molecule has 0 aliphatic rings. The van der Waals surface area contributed by atoms with Crippen LogP contribution in [0, 0.1) is 6.92 Å². The molecule has 1 heterocycles. The number of oxazole rings is 1. The predicted molar refractivity (Wildman–Crippen MR) is 53.4 cm³/mol. The predicted octanol–water partition coefficient (Wildman–Crippen LogP) is 3.55. The number of aryl methyl sites for hydroxylation is 1. The quantitative estimate of drug-likeness (QED) is 0.809. The van der Waals surface area contributed by atoms with Crippen LogP contribution in [0.15, 0.2) is 34.9 Å². The van der Waals surface area contributed by atoms with Gasteiger partial charge in [0, 0.05) is 12.5 Å². The third-order valence-electron chi connectivity index (χ3n) is 2.01. The fraction of sp³-hybridized carbons (Fsp3) is 0.182. The number of hydrogen-bond acceptors (Lipinski definition) is 3. The van der Waals surface area contributed by atoms with Gasteiger partial charge in [0.1, 0.15) is 17.7 Å². The molecule has 0 N–H and O–H groups in total. The Balaban J connectivity index is 2.41. The van der Waals surface area contributed by atoms with Crippen LogP contribution in [0.25, 0.3) is 11.3 Å². The van der Waals surface area contributed by atoms with Crippen LogP contribution < -0.4 is 4.74 Å². The number of rotatable bonds is 2. The molecule has 17 heavy (non-hydrogen) atoms. The molecule has 2 aromatic rings. The molecular weight excluding hydrogens is 235 g/mol. The first-order valence-electron chi connectivity index (χ1n) is 4.73. The van der Waals surface area contributed by atoms with Gasteiger partial charge in [-0.05, 0) is 12.1 Å². The second-order valence-electron chi connectivity index (χ2n) is 3.30. The Labute approximate surface area is 94.8 Å². The second kappa shape index (κ2) is 4.12. The van der Waals surface area contributed by atoms with E-state index in [0.29, 0.717) is 11.6 Å². The molecule has 0 aliphatic carbocycles. The summed E-state index contributed by atoms with van der Waals surface area (Å²) in [5.74, 6) is 0.0788. The number of aromatic nitrogens is 1. The number of halogens is 3. The Bertz CT molecular complexity index is 519. The zero-order valence-corrected chi connectivity index (χ0v) is 8.78. The Morgan fingerprint density at radius 2 is 1.94 bits per heavy atom. The molecule has 0 unspecified atom stereocenters. The highest BCUT2D eigenvalue weighted by atomic mass is 19.4. The molecule has 0 fully saturated rings. The van der Waals surface area contributed by atoms with Gasteiger partial charge in [-0.15, -0.1) is 13.2 Å². The van der Waals surface area contributed by atoms with E-state index in [4.69, 9.17) is 4.42 Å². The molecule has 6 heteroatoms. The lowest BCUT2D eigenvalue weighted by Crippen LogP contribution is -2.17. The van der Waals surface area contributed by atoms with Crippen molar-refractivity contribution in [2.45, 2.75) is 13.3 Å². The van der Waals surface area contributed by atoms with E-state index in [1.165, 1.54) is 24.5 Å². The van der Waals surface area contributed by atoms with E-state index in [-0.39, 0.29) is 11.3 Å². The number of nitrogens with zero attached hydrogens (tertiary/aromatic N) is 1. The van der Waals surface area contributed by atoms with Gasteiger partial charge in [0.25, 0.3) is 0 Å². The molecule has 0 aliphatic heterocycles. The molecule has 0 amide bonds. The third kappa shape index (κ3) is 2.77. The first kappa shape index (κ1) is 11.5. The van der Waals surface area contributed by atoms with Gasteiger partial charge in [0.05, 0.1) is 0 Å². The molecule has 2 rings (SSSR count). The Kier molecular flexibility index (Phi) is 2.79. The van der Waals surface area contributed by atoms with E-state index in [1.54, 1.807) is 13.0 Å². The van der Waals surface area contributed by atoms with Crippen molar-refractivity contribution in [2.75, 3.05) is 0 Å². The number of ether oxygens (including phenoxy) is 1. The number of alkyl halides is 3. The highest BCUT2D eigenvalue weighted by molar-refractivity contribution is 5.66. The largest absolute Gasteiger partial charge is 0.573 e. The molecule has 0 spiro atoms. The average molecular weight is 243 g/mol. The molecule has 0 saturated carbocycles. The topological polar surface area (TPSA) is 35.3 Å². The molecule has 3 nitrogen and oxygen atoms in total. The van der Waals surface area contributed by atoms with Crippen molar-refractivity contribution >= 4 is 0 Å². The van der Waals surface area contributed by atoms with Crippen molar-refractivity contribution in [3.05, 3.63) is 36.4 Å². The summed E-state index contributed by atoms with van der Waals surface area (Å²) < 4.78 is 45.4. The van der Waals surface area contributed by atoms with Crippen LogP contribution in [0.4, 0.5) is 13.2 Å². The summed E-state index contributed by atoms with van der Waals surface area (Å²) in [6.45, 7) is 1.61. The summed E-state index contributed by atoms with van der Waals surface area (Å²) in [6, 6.07) is 5.77. The van der Waals surface area contributed by atoms with Crippen LogP contribution in [0.5, 0.6) is 5.75 Å². The smallest absolute Gasteiger partial charge is 0.449 e. The Morgan fingerprint density at radius 1 is 1.24 bits per heavy atom. The molecule has 1 aromatic heterocycles. The van der Waals surface area contributed by atoms with Gasteiger partial charge in [-0.25, -0.2) is 4.98 Å². The van der Waals surface area contributed by atoms with Crippen LogP contribution in [0.3, 0.4) is 0 Å². The van der Waals surface area contributed by atoms with E-state index in [0.717, 1.165) is 0 Å². The minimum absolute atomic E-state index is 0.238.